The number of ether oxygens (including phenoxy) is 1. The topological polar surface area (TPSA) is 77.5 Å². The molecule has 1 aliphatic rings. The van der Waals surface area contributed by atoms with Crippen LogP contribution in [0.15, 0.2) is 47.4 Å². The maximum absolute atomic E-state index is 15.3. The van der Waals surface area contributed by atoms with Crippen LogP contribution >= 0.6 is 11.6 Å². The first-order valence-electron chi connectivity index (χ1n) is 12.3. The Morgan fingerprint density at radius 1 is 1.03 bits per heavy atom. The first kappa shape index (κ1) is 30.2. The van der Waals surface area contributed by atoms with Crippen molar-refractivity contribution in [3.05, 3.63) is 64.7 Å². The standard InChI is InChI=1S/C26H35ClF2O5S2Si/c1-35(30,31)18-19-11-12-26(24-15-22(28)7-10-25(24)29,16-20(19)17-34-13-14-37(2,3)4)36(32,33)23-8-5-21(27)6-9-23/h5-10,15,19-20H,11-14,16-18H2,1-4H3/t19-,20+,26-/m1/s1. The van der Waals surface area contributed by atoms with Gasteiger partial charge in [-0.25, -0.2) is 25.6 Å². The van der Waals surface area contributed by atoms with E-state index in [4.69, 9.17) is 16.3 Å². The Morgan fingerprint density at radius 2 is 1.68 bits per heavy atom. The number of benzene rings is 2. The molecular weight excluding hydrogens is 558 g/mol. The van der Waals surface area contributed by atoms with E-state index in [9.17, 15) is 21.2 Å². The van der Waals surface area contributed by atoms with Gasteiger partial charge in [-0.2, -0.15) is 0 Å². The second-order valence-electron chi connectivity index (χ2n) is 11.3. The van der Waals surface area contributed by atoms with Crippen LogP contribution in [0.25, 0.3) is 0 Å². The van der Waals surface area contributed by atoms with Crippen molar-refractivity contribution in [2.45, 2.75) is 54.6 Å². The Balaban J connectivity index is 2.10. The molecule has 206 valence electrons. The van der Waals surface area contributed by atoms with Crippen LogP contribution in [0.3, 0.4) is 0 Å². The van der Waals surface area contributed by atoms with E-state index < -0.39 is 50.0 Å². The average Bonchev–Trinajstić information content (AvgIpc) is 2.78. The van der Waals surface area contributed by atoms with Crippen LogP contribution in [0, 0.1) is 23.5 Å². The molecule has 0 amide bonds. The summed E-state index contributed by atoms with van der Waals surface area (Å²) in [5, 5.41) is 0.343. The molecule has 1 fully saturated rings. The molecule has 0 aromatic heterocycles. The predicted octanol–water partition coefficient (Wildman–Crippen LogP) is 6.10. The van der Waals surface area contributed by atoms with E-state index in [1.54, 1.807) is 0 Å². The van der Waals surface area contributed by atoms with Crippen LogP contribution in [-0.2, 0) is 29.2 Å². The zero-order valence-electron chi connectivity index (χ0n) is 21.6. The predicted molar refractivity (Wildman–Crippen MR) is 146 cm³/mol. The van der Waals surface area contributed by atoms with Crippen molar-refractivity contribution in [1.82, 2.24) is 0 Å². The third-order valence-electron chi connectivity index (χ3n) is 7.08. The third-order valence-corrected chi connectivity index (χ3v) is 12.6. The lowest BCUT2D eigenvalue weighted by Gasteiger charge is -2.44. The fourth-order valence-electron chi connectivity index (χ4n) is 5.08. The zero-order valence-corrected chi connectivity index (χ0v) is 25.0. The lowest BCUT2D eigenvalue weighted by molar-refractivity contribution is 0.0604. The highest BCUT2D eigenvalue weighted by Crippen LogP contribution is 2.51. The van der Waals surface area contributed by atoms with Gasteiger partial charge in [0.2, 0.25) is 0 Å². The number of hydrogen-bond donors (Lipinski definition) is 0. The van der Waals surface area contributed by atoms with Gasteiger partial charge in [0.1, 0.15) is 26.2 Å². The molecule has 0 unspecified atom stereocenters. The summed E-state index contributed by atoms with van der Waals surface area (Å²) in [5.74, 6) is -2.55. The minimum absolute atomic E-state index is 0.0517. The fraction of sp³-hybridized carbons (Fsp3) is 0.538. The van der Waals surface area contributed by atoms with Crippen molar-refractivity contribution >= 4 is 39.3 Å². The molecule has 1 saturated carbocycles. The van der Waals surface area contributed by atoms with Gasteiger partial charge in [0.25, 0.3) is 0 Å². The van der Waals surface area contributed by atoms with E-state index >= 15 is 4.39 Å². The van der Waals surface area contributed by atoms with E-state index in [2.05, 4.69) is 19.6 Å². The van der Waals surface area contributed by atoms with Crippen molar-refractivity contribution in [1.29, 1.82) is 0 Å². The van der Waals surface area contributed by atoms with Crippen molar-refractivity contribution < 1.29 is 30.4 Å². The Labute approximate surface area is 225 Å². The van der Waals surface area contributed by atoms with Gasteiger partial charge >= 0.3 is 0 Å². The fourth-order valence-corrected chi connectivity index (χ4v) is 9.39. The van der Waals surface area contributed by atoms with Gasteiger partial charge in [0, 0.05) is 38.1 Å². The van der Waals surface area contributed by atoms with Crippen LogP contribution in [0.5, 0.6) is 0 Å². The van der Waals surface area contributed by atoms with E-state index in [0.717, 1.165) is 30.5 Å². The van der Waals surface area contributed by atoms with E-state index in [1.807, 2.05) is 0 Å². The van der Waals surface area contributed by atoms with Gasteiger partial charge in [-0.15, -0.1) is 0 Å². The molecular formula is C26H35ClF2O5S2Si. The van der Waals surface area contributed by atoms with Crippen LogP contribution in [0.4, 0.5) is 8.78 Å². The Bertz CT molecular complexity index is 1310. The summed E-state index contributed by atoms with van der Waals surface area (Å²) in [4.78, 5) is -0.0551. The monoisotopic (exact) mass is 592 g/mol. The Morgan fingerprint density at radius 3 is 2.27 bits per heavy atom. The molecule has 37 heavy (non-hydrogen) atoms. The number of sulfone groups is 2. The maximum Gasteiger partial charge on any atom is 0.188 e. The summed E-state index contributed by atoms with van der Waals surface area (Å²) in [6.45, 7) is 7.24. The highest BCUT2D eigenvalue weighted by molar-refractivity contribution is 7.92. The number of rotatable bonds is 10. The molecule has 0 N–H and O–H groups in total. The molecule has 3 rings (SSSR count). The molecule has 2 aromatic carbocycles. The first-order chi connectivity index (χ1) is 17.0. The lowest BCUT2D eigenvalue weighted by atomic mass is 9.72. The van der Waals surface area contributed by atoms with Crippen LogP contribution in [0.2, 0.25) is 30.7 Å². The van der Waals surface area contributed by atoms with Gasteiger partial charge < -0.3 is 4.74 Å². The van der Waals surface area contributed by atoms with Gasteiger partial charge in [-0.3, -0.25) is 0 Å². The van der Waals surface area contributed by atoms with Gasteiger partial charge in [-0.1, -0.05) is 31.2 Å². The minimum atomic E-state index is -4.25. The quantitative estimate of drug-likeness (QED) is 0.246. The molecule has 0 saturated heterocycles. The molecule has 0 aliphatic heterocycles. The van der Waals surface area contributed by atoms with Gasteiger partial charge in [0.05, 0.1) is 10.6 Å². The molecule has 0 radical (unpaired) electrons. The summed E-state index contributed by atoms with van der Waals surface area (Å²) in [7, 11) is -9.01. The number of hydrogen-bond acceptors (Lipinski definition) is 5. The highest BCUT2D eigenvalue weighted by atomic mass is 35.5. The Hall–Kier alpha value is -1.33. The molecule has 5 nitrogen and oxygen atoms in total. The van der Waals surface area contributed by atoms with Crippen molar-refractivity contribution in [3.63, 3.8) is 0 Å². The first-order valence-corrected chi connectivity index (χ1v) is 19.9. The summed E-state index contributed by atoms with van der Waals surface area (Å²) in [6.07, 6.45) is 1.21. The highest BCUT2D eigenvalue weighted by Gasteiger charge is 2.53. The normalized spacial score (nSPS) is 23.2. The van der Waals surface area contributed by atoms with E-state index in [-0.39, 0.29) is 48.0 Å². The SMILES string of the molecule is C[Si](C)(C)CCOC[C@@H]1C[C@](c2cc(F)ccc2F)(S(=O)(=O)c2ccc(Cl)cc2)CC[C@@H]1CS(C)(=O)=O. The molecule has 0 bridgehead atoms. The van der Waals surface area contributed by atoms with Gasteiger partial charge in [-0.05, 0) is 79.6 Å². The van der Waals surface area contributed by atoms with Crippen LogP contribution in [-0.4, -0.2) is 50.1 Å². The summed E-state index contributed by atoms with van der Waals surface area (Å²) in [5.41, 5.74) is -0.243. The summed E-state index contributed by atoms with van der Waals surface area (Å²) < 4.78 is 86.7. The summed E-state index contributed by atoms with van der Waals surface area (Å²) >= 11 is 5.98. The second kappa shape index (κ2) is 11.4. The summed E-state index contributed by atoms with van der Waals surface area (Å²) in [6, 6.07) is 9.33. The van der Waals surface area contributed by atoms with Crippen molar-refractivity contribution in [3.8, 4) is 0 Å². The van der Waals surface area contributed by atoms with Crippen molar-refractivity contribution in [2.24, 2.45) is 11.8 Å². The molecule has 1 aliphatic carbocycles. The molecule has 0 heterocycles. The lowest BCUT2D eigenvalue weighted by Crippen LogP contribution is -2.46. The van der Waals surface area contributed by atoms with Crippen LogP contribution < -0.4 is 0 Å². The minimum Gasteiger partial charge on any atom is -0.381 e. The van der Waals surface area contributed by atoms with E-state index in [0.29, 0.717) is 11.6 Å². The van der Waals surface area contributed by atoms with Crippen molar-refractivity contribution in [2.75, 3.05) is 25.2 Å². The molecule has 2 aromatic rings. The molecule has 11 heteroatoms. The second-order valence-corrected chi connectivity index (χ2v) is 21.8. The molecule has 3 atom stereocenters. The molecule has 0 spiro atoms. The van der Waals surface area contributed by atoms with Crippen LogP contribution in [0.1, 0.15) is 24.8 Å². The average molecular weight is 593 g/mol. The number of halogens is 3. The van der Waals surface area contributed by atoms with Gasteiger partial charge in [0.15, 0.2) is 9.84 Å². The zero-order chi connectivity index (χ0) is 27.6. The third kappa shape index (κ3) is 7.41. The maximum atomic E-state index is 15.3. The Kier molecular flexibility index (Phi) is 9.32. The van der Waals surface area contributed by atoms with E-state index in [1.165, 1.54) is 24.3 Å². The smallest absolute Gasteiger partial charge is 0.188 e. The largest absolute Gasteiger partial charge is 0.381 e.